The third kappa shape index (κ3) is 8.00. The maximum absolute atomic E-state index is 11.9. The van der Waals surface area contributed by atoms with Crippen molar-refractivity contribution in [3.05, 3.63) is 0 Å². The van der Waals surface area contributed by atoms with E-state index < -0.39 is 42.8 Å². The summed E-state index contributed by atoms with van der Waals surface area (Å²) in [5, 5.41) is 26.5. The minimum absolute atomic E-state index is 0.0628. The lowest BCUT2D eigenvalue weighted by Crippen LogP contribution is -2.50. The summed E-state index contributed by atoms with van der Waals surface area (Å²) in [6, 6.07) is -1.77. The van der Waals surface area contributed by atoms with Gasteiger partial charge in [0.15, 0.2) is 11.8 Å². The smallest absolute Gasteiger partial charge is 0.328 e. The Kier molecular flexibility index (Phi) is 8.90. The number of carboxylic acids is 3. The highest BCUT2D eigenvalue weighted by Gasteiger charge is 2.34. The molecule has 9 heteroatoms. The summed E-state index contributed by atoms with van der Waals surface area (Å²) < 4.78 is 0. The number of Topliss-reactive ketones (excluding diaryl/α,β-unsaturated/α-hetero) is 1. The van der Waals surface area contributed by atoms with Gasteiger partial charge in [-0.05, 0) is 19.4 Å². The van der Waals surface area contributed by atoms with Crippen molar-refractivity contribution in [2.75, 3.05) is 19.6 Å². The molecule has 0 aromatic heterocycles. The van der Waals surface area contributed by atoms with E-state index in [1.165, 1.54) is 0 Å². The molecule has 120 valence electrons. The minimum Gasteiger partial charge on any atom is -0.480 e. The second-order valence-corrected chi connectivity index (χ2v) is 4.50. The van der Waals surface area contributed by atoms with Crippen LogP contribution in [-0.4, -0.2) is 69.6 Å². The first kappa shape index (κ1) is 19.0. The van der Waals surface area contributed by atoms with Crippen molar-refractivity contribution in [3.63, 3.8) is 0 Å². The maximum Gasteiger partial charge on any atom is 0.328 e. The van der Waals surface area contributed by atoms with Crippen LogP contribution in [0, 0.1) is 0 Å². The van der Waals surface area contributed by atoms with Crippen molar-refractivity contribution in [1.29, 1.82) is 0 Å². The average Bonchev–Trinajstić information content (AvgIpc) is 2.32. The zero-order chi connectivity index (χ0) is 16.4. The van der Waals surface area contributed by atoms with Gasteiger partial charge in [0.25, 0.3) is 0 Å². The third-order valence-electron chi connectivity index (χ3n) is 2.71. The van der Waals surface area contributed by atoms with E-state index in [-0.39, 0.29) is 6.42 Å². The molecule has 0 bridgehead atoms. The molecule has 21 heavy (non-hydrogen) atoms. The van der Waals surface area contributed by atoms with Gasteiger partial charge >= 0.3 is 17.9 Å². The molecule has 0 spiro atoms. The summed E-state index contributed by atoms with van der Waals surface area (Å²) in [5.41, 5.74) is 5.29. The van der Waals surface area contributed by atoms with Crippen LogP contribution in [0.25, 0.3) is 0 Å². The van der Waals surface area contributed by atoms with E-state index in [2.05, 4.69) is 0 Å². The van der Waals surface area contributed by atoms with Crippen molar-refractivity contribution in [1.82, 2.24) is 4.90 Å². The molecule has 0 aromatic carbocycles. The van der Waals surface area contributed by atoms with Gasteiger partial charge in [0.1, 0.15) is 0 Å². The number of hydrogen-bond donors (Lipinski definition) is 4. The Morgan fingerprint density at radius 3 is 1.81 bits per heavy atom. The fourth-order valence-electron chi connectivity index (χ4n) is 1.84. The normalized spacial score (nSPS) is 12.1. The molecule has 0 rings (SSSR count). The zero-order valence-corrected chi connectivity index (χ0v) is 11.5. The number of nitrogens with zero attached hydrogens (tertiary/aromatic N) is 1. The SMILES string of the molecule is NCCCCCC(=O)C(C(=O)O)N(CC(=O)O)CC(=O)O. The van der Waals surface area contributed by atoms with E-state index in [0.29, 0.717) is 30.7 Å². The molecule has 0 heterocycles. The fourth-order valence-corrected chi connectivity index (χ4v) is 1.84. The van der Waals surface area contributed by atoms with Crippen molar-refractivity contribution in [3.8, 4) is 0 Å². The first-order valence-corrected chi connectivity index (χ1v) is 6.42. The Balaban J connectivity index is 4.86. The van der Waals surface area contributed by atoms with Gasteiger partial charge in [0.05, 0.1) is 13.1 Å². The molecule has 5 N–H and O–H groups in total. The quantitative estimate of drug-likeness (QED) is 0.262. The second kappa shape index (κ2) is 9.83. The summed E-state index contributed by atoms with van der Waals surface area (Å²) in [5.74, 6) is -5.07. The number of nitrogens with two attached hydrogens (primary N) is 1. The molecular weight excluding hydrogens is 284 g/mol. The van der Waals surface area contributed by atoms with Gasteiger partial charge < -0.3 is 21.1 Å². The first-order valence-electron chi connectivity index (χ1n) is 6.42. The largest absolute Gasteiger partial charge is 0.480 e. The van der Waals surface area contributed by atoms with Crippen LogP contribution in [0.3, 0.4) is 0 Å². The Labute approximate surface area is 121 Å². The highest BCUT2D eigenvalue weighted by molar-refractivity contribution is 6.03. The number of hydrogen-bond acceptors (Lipinski definition) is 6. The van der Waals surface area contributed by atoms with Crippen LogP contribution in [0.15, 0.2) is 0 Å². The lowest BCUT2D eigenvalue weighted by molar-refractivity contribution is -0.152. The predicted octanol–water partition coefficient (Wildman–Crippen LogP) is -1.00. The van der Waals surface area contributed by atoms with Crippen LogP contribution in [0.1, 0.15) is 25.7 Å². The molecule has 9 nitrogen and oxygen atoms in total. The lowest BCUT2D eigenvalue weighted by Gasteiger charge is -2.24. The minimum atomic E-state index is -1.77. The summed E-state index contributed by atoms with van der Waals surface area (Å²) in [6.45, 7) is -1.21. The van der Waals surface area contributed by atoms with Crippen LogP contribution in [0.2, 0.25) is 0 Å². The molecule has 1 atom stereocenters. The van der Waals surface area contributed by atoms with Crippen LogP contribution < -0.4 is 5.73 Å². The van der Waals surface area contributed by atoms with Gasteiger partial charge in [0.2, 0.25) is 0 Å². The van der Waals surface area contributed by atoms with Crippen LogP contribution in [0.4, 0.5) is 0 Å². The van der Waals surface area contributed by atoms with Crippen molar-refractivity contribution in [2.45, 2.75) is 31.7 Å². The fraction of sp³-hybridized carbons (Fsp3) is 0.667. The van der Waals surface area contributed by atoms with E-state index in [1.807, 2.05) is 0 Å². The molecule has 0 aromatic rings. The number of ketones is 1. The lowest BCUT2D eigenvalue weighted by atomic mass is 10.0. The number of unbranched alkanes of at least 4 members (excludes halogenated alkanes) is 2. The number of carbonyl (C=O) groups excluding carboxylic acids is 1. The summed E-state index contributed by atoms with van der Waals surface area (Å²) in [6.07, 6.45) is 1.70. The summed E-state index contributed by atoms with van der Waals surface area (Å²) in [7, 11) is 0. The van der Waals surface area contributed by atoms with Crippen LogP contribution >= 0.6 is 0 Å². The number of rotatable bonds is 12. The van der Waals surface area contributed by atoms with E-state index in [1.54, 1.807) is 0 Å². The van der Waals surface area contributed by atoms with Gasteiger partial charge in [0, 0.05) is 6.42 Å². The van der Waals surface area contributed by atoms with Crippen molar-refractivity contribution in [2.24, 2.45) is 5.73 Å². The molecule has 0 fully saturated rings. The van der Waals surface area contributed by atoms with E-state index >= 15 is 0 Å². The van der Waals surface area contributed by atoms with Crippen molar-refractivity contribution < 1.29 is 34.5 Å². The number of carboxylic acid groups (broad SMARTS) is 3. The van der Waals surface area contributed by atoms with E-state index in [9.17, 15) is 19.2 Å². The number of aliphatic carboxylic acids is 3. The zero-order valence-electron chi connectivity index (χ0n) is 11.5. The van der Waals surface area contributed by atoms with Gasteiger partial charge in [-0.25, -0.2) is 0 Å². The molecular formula is C12H20N2O7. The Bertz CT molecular complexity index is 381. The molecule has 0 aliphatic carbocycles. The van der Waals surface area contributed by atoms with E-state index in [0.717, 1.165) is 0 Å². The molecule has 1 unspecified atom stereocenters. The standard InChI is InChI=1S/C12H20N2O7/c13-5-3-1-2-4-8(15)11(12(20)21)14(6-9(16)17)7-10(18)19/h11H,1-7,13H2,(H,16,17)(H,18,19)(H,20,21). The second-order valence-electron chi connectivity index (χ2n) is 4.50. The molecule has 0 saturated carbocycles. The topological polar surface area (TPSA) is 158 Å². The molecule has 0 amide bonds. The van der Waals surface area contributed by atoms with Crippen LogP contribution in [0.5, 0.6) is 0 Å². The molecule has 0 aliphatic heterocycles. The summed E-state index contributed by atoms with van der Waals surface area (Å²) in [4.78, 5) is 45.1. The van der Waals surface area contributed by atoms with Crippen LogP contribution in [-0.2, 0) is 19.2 Å². The van der Waals surface area contributed by atoms with Crippen molar-refractivity contribution >= 4 is 23.7 Å². The average molecular weight is 304 g/mol. The van der Waals surface area contributed by atoms with E-state index in [4.69, 9.17) is 21.1 Å². The molecule has 0 saturated heterocycles. The highest BCUT2D eigenvalue weighted by atomic mass is 16.4. The number of carbonyl (C=O) groups is 4. The summed E-state index contributed by atoms with van der Waals surface area (Å²) >= 11 is 0. The first-order chi connectivity index (χ1) is 9.79. The van der Waals surface area contributed by atoms with Gasteiger partial charge in [-0.1, -0.05) is 6.42 Å². The van der Waals surface area contributed by atoms with Gasteiger partial charge in [-0.2, -0.15) is 0 Å². The third-order valence-corrected chi connectivity index (χ3v) is 2.71. The molecule has 0 radical (unpaired) electrons. The predicted molar refractivity (Wildman–Crippen MR) is 70.8 cm³/mol. The Hall–Kier alpha value is -2.00. The maximum atomic E-state index is 11.9. The van der Waals surface area contributed by atoms with Gasteiger partial charge in [-0.3, -0.25) is 24.1 Å². The Morgan fingerprint density at radius 2 is 1.43 bits per heavy atom. The monoisotopic (exact) mass is 304 g/mol. The highest BCUT2D eigenvalue weighted by Crippen LogP contribution is 2.08. The Morgan fingerprint density at radius 1 is 0.905 bits per heavy atom. The molecule has 0 aliphatic rings. The van der Waals surface area contributed by atoms with Gasteiger partial charge in [-0.15, -0.1) is 0 Å².